The first-order valence-corrected chi connectivity index (χ1v) is 11.0. The van der Waals surface area contributed by atoms with E-state index < -0.39 is 0 Å². The lowest BCUT2D eigenvalue weighted by atomic mass is 10.0. The zero-order chi connectivity index (χ0) is 22.0. The van der Waals surface area contributed by atoms with E-state index in [0.29, 0.717) is 24.2 Å². The third kappa shape index (κ3) is 4.16. The second-order valence-electron chi connectivity index (χ2n) is 7.52. The molecule has 0 saturated heterocycles. The molecule has 0 aliphatic rings. The van der Waals surface area contributed by atoms with Crippen molar-refractivity contribution in [2.45, 2.75) is 33.2 Å². The van der Waals surface area contributed by atoms with Gasteiger partial charge in [-0.1, -0.05) is 60.2 Å². The molecule has 2 aromatic carbocycles. The number of benzene rings is 2. The van der Waals surface area contributed by atoms with Crippen LogP contribution >= 0.6 is 11.3 Å². The van der Waals surface area contributed by atoms with Gasteiger partial charge in [-0.3, -0.25) is 14.2 Å². The van der Waals surface area contributed by atoms with E-state index in [2.05, 4.69) is 0 Å². The molecule has 0 saturated carbocycles. The van der Waals surface area contributed by atoms with E-state index in [1.165, 1.54) is 7.11 Å². The number of esters is 1. The summed E-state index contributed by atoms with van der Waals surface area (Å²) >= 11 is 1.54. The normalized spacial score (nSPS) is 11.1. The van der Waals surface area contributed by atoms with Gasteiger partial charge in [0.05, 0.1) is 12.5 Å². The van der Waals surface area contributed by atoms with E-state index in [4.69, 9.17) is 9.72 Å². The van der Waals surface area contributed by atoms with Crippen LogP contribution < -0.4 is 5.56 Å². The van der Waals surface area contributed by atoms with E-state index in [9.17, 15) is 9.59 Å². The van der Waals surface area contributed by atoms with Crippen molar-refractivity contribution < 1.29 is 9.53 Å². The molecule has 0 N–H and O–H groups in total. The van der Waals surface area contributed by atoms with E-state index >= 15 is 0 Å². The molecule has 158 valence electrons. The number of methoxy groups -OCH3 is 1. The SMILES string of the molecule is COC(=O)CCCn1c(-c2ccc(C)cc2)nc2sc(C)c(-c3ccccc3)c2c1=O. The van der Waals surface area contributed by atoms with Gasteiger partial charge >= 0.3 is 5.97 Å². The maximum absolute atomic E-state index is 13.8. The number of hydrogen-bond donors (Lipinski definition) is 0. The minimum absolute atomic E-state index is 0.0753. The van der Waals surface area contributed by atoms with Crippen molar-refractivity contribution in [3.63, 3.8) is 0 Å². The first-order chi connectivity index (χ1) is 15.0. The summed E-state index contributed by atoms with van der Waals surface area (Å²) in [6.45, 7) is 4.45. The largest absolute Gasteiger partial charge is 0.469 e. The van der Waals surface area contributed by atoms with Crippen LogP contribution in [0.3, 0.4) is 0 Å². The number of aryl methyl sites for hydroxylation is 2. The van der Waals surface area contributed by atoms with Crippen molar-refractivity contribution in [3.8, 4) is 22.5 Å². The predicted octanol–water partition coefficient (Wildman–Crippen LogP) is 5.36. The first kappa shape index (κ1) is 21.0. The van der Waals surface area contributed by atoms with Crippen molar-refractivity contribution in [1.82, 2.24) is 9.55 Å². The summed E-state index contributed by atoms with van der Waals surface area (Å²) < 4.78 is 6.46. The van der Waals surface area contributed by atoms with Gasteiger partial charge in [-0.05, 0) is 25.8 Å². The van der Waals surface area contributed by atoms with Gasteiger partial charge in [0.1, 0.15) is 10.7 Å². The molecule has 0 radical (unpaired) electrons. The third-order valence-corrected chi connectivity index (χ3v) is 6.35. The number of aromatic nitrogens is 2. The van der Waals surface area contributed by atoms with E-state index in [0.717, 1.165) is 32.0 Å². The lowest BCUT2D eigenvalue weighted by Crippen LogP contribution is -2.24. The van der Waals surface area contributed by atoms with Gasteiger partial charge in [0.25, 0.3) is 5.56 Å². The molecule has 0 bridgehead atoms. The Balaban J connectivity index is 1.92. The molecule has 2 aromatic heterocycles. The first-order valence-electron chi connectivity index (χ1n) is 10.2. The highest BCUT2D eigenvalue weighted by Crippen LogP contribution is 2.36. The molecule has 5 nitrogen and oxygen atoms in total. The van der Waals surface area contributed by atoms with E-state index in [1.54, 1.807) is 15.9 Å². The zero-order valence-corrected chi connectivity index (χ0v) is 18.7. The number of nitrogens with zero attached hydrogens (tertiary/aromatic N) is 2. The smallest absolute Gasteiger partial charge is 0.305 e. The molecule has 4 rings (SSSR count). The van der Waals surface area contributed by atoms with Gasteiger partial charge < -0.3 is 4.74 Å². The van der Waals surface area contributed by atoms with Crippen LogP contribution in [0.15, 0.2) is 59.4 Å². The van der Waals surface area contributed by atoms with Crippen molar-refractivity contribution in [2.75, 3.05) is 7.11 Å². The van der Waals surface area contributed by atoms with Crippen molar-refractivity contribution in [2.24, 2.45) is 0 Å². The van der Waals surface area contributed by atoms with Crippen molar-refractivity contribution >= 4 is 27.5 Å². The van der Waals surface area contributed by atoms with Crippen LogP contribution in [0.1, 0.15) is 23.3 Å². The molecule has 4 aromatic rings. The summed E-state index contributed by atoms with van der Waals surface area (Å²) in [5.41, 5.74) is 3.90. The summed E-state index contributed by atoms with van der Waals surface area (Å²) in [6.07, 6.45) is 0.755. The van der Waals surface area contributed by atoms with Crippen LogP contribution in [-0.4, -0.2) is 22.6 Å². The van der Waals surface area contributed by atoms with Gasteiger partial charge in [-0.15, -0.1) is 11.3 Å². The molecule has 0 aliphatic carbocycles. The Morgan fingerprint density at radius 1 is 1.03 bits per heavy atom. The summed E-state index contributed by atoms with van der Waals surface area (Å²) in [4.78, 5) is 32.1. The quantitative estimate of drug-likeness (QED) is 0.385. The summed E-state index contributed by atoms with van der Waals surface area (Å²) in [5, 5.41) is 0.641. The number of rotatable bonds is 6. The van der Waals surface area contributed by atoms with Gasteiger partial charge in [-0.25, -0.2) is 4.98 Å². The average molecular weight is 433 g/mol. The van der Waals surface area contributed by atoms with Gasteiger partial charge in [0.2, 0.25) is 0 Å². The number of fused-ring (bicyclic) bond motifs is 1. The Bertz CT molecular complexity index is 1290. The second kappa shape index (κ2) is 8.86. The molecule has 0 spiro atoms. The highest BCUT2D eigenvalue weighted by molar-refractivity contribution is 7.19. The van der Waals surface area contributed by atoms with Crippen LogP contribution in [0.25, 0.3) is 32.7 Å². The van der Waals surface area contributed by atoms with Crippen LogP contribution in [0, 0.1) is 13.8 Å². The van der Waals surface area contributed by atoms with Crippen molar-refractivity contribution in [1.29, 1.82) is 0 Å². The average Bonchev–Trinajstić information content (AvgIpc) is 3.12. The Hall–Kier alpha value is -3.25. The Labute approximate surface area is 185 Å². The molecule has 0 fully saturated rings. The third-order valence-electron chi connectivity index (χ3n) is 5.35. The van der Waals surface area contributed by atoms with E-state index in [1.807, 2.05) is 68.4 Å². The summed E-state index contributed by atoms with van der Waals surface area (Å²) in [6, 6.07) is 17.9. The lowest BCUT2D eigenvalue weighted by Gasteiger charge is -2.13. The molecule has 0 aliphatic heterocycles. The molecule has 31 heavy (non-hydrogen) atoms. The second-order valence-corrected chi connectivity index (χ2v) is 8.72. The highest BCUT2D eigenvalue weighted by atomic mass is 32.1. The molecule has 6 heteroatoms. The monoisotopic (exact) mass is 432 g/mol. The van der Waals surface area contributed by atoms with Crippen LogP contribution in [0.4, 0.5) is 0 Å². The van der Waals surface area contributed by atoms with Crippen LogP contribution in [0.5, 0.6) is 0 Å². The minimum atomic E-state index is -0.282. The number of carbonyl (C=O) groups is 1. The molecular weight excluding hydrogens is 408 g/mol. The fourth-order valence-electron chi connectivity index (χ4n) is 3.76. The van der Waals surface area contributed by atoms with Gasteiger partial charge in [0, 0.05) is 29.0 Å². The molecular formula is C25H24N2O3S. The Kier molecular flexibility index (Phi) is 6.00. The number of hydrogen-bond acceptors (Lipinski definition) is 5. The Morgan fingerprint density at radius 2 is 1.74 bits per heavy atom. The standard InChI is InChI=1S/C25H24N2O3S/c1-16-11-13-19(14-12-16)23-26-24-22(25(29)27(23)15-7-10-20(28)30-3)21(17(2)31-24)18-8-5-4-6-9-18/h4-6,8-9,11-14H,7,10,15H2,1-3H3. The number of ether oxygens (including phenoxy) is 1. The molecule has 0 unspecified atom stereocenters. The summed E-state index contributed by atoms with van der Waals surface area (Å²) in [5.74, 6) is 0.346. The van der Waals surface area contributed by atoms with Crippen LogP contribution in [0.2, 0.25) is 0 Å². The molecule has 2 heterocycles. The van der Waals surface area contributed by atoms with Gasteiger partial charge in [0.15, 0.2) is 0 Å². The van der Waals surface area contributed by atoms with Gasteiger partial charge in [-0.2, -0.15) is 0 Å². The lowest BCUT2D eigenvalue weighted by molar-refractivity contribution is -0.140. The van der Waals surface area contributed by atoms with Crippen LogP contribution in [-0.2, 0) is 16.1 Å². The number of thiophene rings is 1. The highest BCUT2D eigenvalue weighted by Gasteiger charge is 2.20. The topological polar surface area (TPSA) is 61.2 Å². The van der Waals surface area contributed by atoms with Crippen molar-refractivity contribution in [3.05, 3.63) is 75.4 Å². The fourth-order valence-corrected chi connectivity index (χ4v) is 4.80. The molecule has 0 amide bonds. The zero-order valence-electron chi connectivity index (χ0n) is 17.8. The fraction of sp³-hybridized carbons (Fsp3) is 0.240. The molecule has 0 atom stereocenters. The minimum Gasteiger partial charge on any atom is -0.469 e. The summed E-state index contributed by atoms with van der Waals surface area (Å²) in [7, 11) is 1.38. The number of carbonyl (C=O) groups excluding carboxylic acids is 1. The van der Waals surface area contributed by atoms with E-state index in [-0.39, 0.29) is 17.9 Å². The predicted molar refractivity (Wildman–Crippen MR) is 125 cm³/mol. The Morgan fingerprint density at radius 3 is 2.42 bits per heavy atom. The maximum Gasteiger partial charge on any atom is 0.305 e. The maximum atomic E-state index is 13.8.